The molecule has 1 fully saturated rings. The topological polar surface area (TPSA) is 342 Å². The van der Waals surface area contributed by atoms with E-state index in [1.807, 2.05) is 19.1 Å². The minimum Gasteiger partial charge on any atom is -0.480 e. The Morgan fingerprint density at radius 2 is 1.29 bits per heavy atom. The lowest BCUT2D eigenvalue weighted by molar-refractivity contribution is -0.141. The summed E-state index contributed by atoms with van der Waals surface area (Å²) in [5.41, 5.74) is 7.69. The van der Waals surface area contributed by atoms with Gasteiger partial charge in [0.25, 0.3) is 0 Å². The average Bonchev–Trinajstić information content (AvgIpc) is 3.64. The minimum atomic E-state index is -1.50. The highest BCUT2D eigenvalue weighted by Crippen LogP contribution is 2.26. The Bertz CT molecular complexity index is 2270. The van der Waals surface area contributed by atoms with Gasteiger partial charge in [-0.05, 0) is 69.6 Å². The zero-order valence-corrected chi connectivity index (χ0v) is 44.1. The number of rotatable bonds is 35. The lowest BCUT2D eigenvalue weighted by Gasteiger charge is -2.24. The number of nitrogens with one attached hydrogen (secondary N) is 7. The van der Waals surface area contributed by atoms with Gasteiger partial charge in [-0.1, -0.05) is 87.6 Å². The van der Waals surface area contributed by atoms with Gasteiger partial charge in [0.1, 0.15) is 30.2 Å². The second-order valence-corrected chi connectivity index (χ2v) is 20.2. The summed E-state index contributed by atoms with van der Waals surface area (Å²) in [5.74, 6) is -7.49. The number of hydrogen-bond donors (Lipinski definition) is 10. The highest BCUT2D eigenvalue weighted by molar-refractivity contribution is 8.00. The third-order valence-electron chi connectivity index (χ3n) is 12.2. The van der Waals surface area contributed by atoms with Crippen LogP contribution in [0, 0.1) is 12.8 Å². The minimum absolute atomic E-state index is 0.00435. The normalized spacial score (nSPS) is 15.2. The number of carbonyl (C=O) groups excluding carboxylic acids is 9. The number of aliphatic carboxylic acids is 2. The molecule has 1 aliphatic heterocycles. The lowest BCUT2D eigenvalue weighted by Crippen LogP contribution is -2.54. The number of unbranched alkanes of at least 4 members (excludes halogenated alkanes) is 6. The molecule has 0 aliphatic carbocycles. The summed E-state index contributed by atoms with van der Waals surface area (Å²) >= 11 is 0.915. The average molecular weight is 1070 g/mol. The number of imide groups is 1. The largest absolute Gasteiger partial charge is 0.480 e. The van der Waals surface area contributed by atoms with E-state index in [1.54, 1.807) is 63.2 Å². The zero-order valence-electron chi connectivity index (χ0n) is 43.3. The Morgan fingerprint density at radius 1 is 0.667 bits per heavy atom. The molecule has 1 heterocycles. The van der Waals surface area contributed by atoms with Crippen molar-refractivity contribution in [1.82, 2.24) is 36.8 Å². The molecule has 0 aromatic heterocycles. The molecule has 1 saturated heterocycles. The summed E-state index contributed by atoms with van der Waals surface area (Å²) in [6, 6.07) is 10.3. The van der Waals surface area contributed by atoms with Crippen molar-refractivity contribution >= 4 is 82.6 Å². The summed E-state index contributed by atoms with van der Waals surface area (Å²) in [4.78, 5) is 140. The number of likely N-dealkylation sites (tertiary alicyclic amines) is 1. The Hall–Kier alpha value is -6.88. The molecule has 9 amide bonds. The number of amides is 9. The number of benzene rings is 2. The van der Waals surface area contributed by atoms with Crippen molar-refractivity contribution in [2.75, 3.05) is 30.7 Å². The standard InChI is InChI=1S/C52H75N9O13S/c1-32(2)46(49(69)56-34(4)47(67)57-36-22-20-33(3)21-23-36)60-43(64)19-13-9-15-27-61-45(66)29-40(50(61)70)75-31-39(52(73)74)59-48(68)38(28-35-16-10-8-11-17-35)58-44(65)30-55-41(62)18-12-6-5-7-14-26-54-42(63)25-24-37(53)51(71)72/h8,10-11,16-17,20-23,32,34,37-40,46H,5-7,9,12-15,18-19,24-31,53H2,1-4H3,(H,54,63)(H,55,62)(H,56,69)(H,57,67)(H,58,65)(H,59,68)(H,60,64)(H,71,72)(H,73,74)/t34?,37?,38-,39+,40?,46-/m0/s1. The molecule has 3 unspecified atom stereocenters. The highest BCUT2D eigenvalue weighted by Gasteiger charge is 2.39. The van der Waals surface area contributed by atoms with Crippen LogP contribution >= 0.6 is 11.8 Å². The van der Waals surface area contributed by atoms with Crippen LogP contribution in [0.15, 0.2) is 54.6 Å². The van der Waals surface area contributed by atoms with Gasteiger partial charge in [-0.2, -0.15) is 0 Å². The number of anilines is 1. The van der Waals surface area contributed by atoms with E-state index in [0.717, 1.165) is 41.5 Å². The van der Waals surface area contributed by atoms with Crippen molar-refractivity contribution in [2.24, 2.45) is 11.7 Å². The molecule has 6 atom stereocenters. The van der Waals surface area contributed by atoms with Crippen LogP contribution in [0.3, 0.4) is 0 Å². The van der Waals surface area contributed by atoms with Crippen molar-refractivity contribution in [2.45, 2.75) is 153 Å². The van der Waals surface area contributed by atoms with Crippen molar-refractivity contribution in [3.8, 4) is 0 Å². The predicted molar refractivity (Wildman–Crippen MR) is 280 cm³/mol. The third kappa shape index (κ3) is 23.9. The van der Waals surface area contributed by atoms with E-state index in [1.165, 1.54) is 0 Å². The van der Waals surface area contributed by atoms with Gasteiger partial charge in [0, 0.05) is 56.6 Å². The molecule has 75 heavy (non-hydrogen) atoms. The molecule has 1 aliphatic rings. The molecular weight excluding hydrogens is 991 g/mol. The molecule has 0 bridgehead atoms. The van der Waals surface area contributed by atoms with Crippen LogP contribution in [0.2, 0.25) is 0 Å². The van der Waals surface area contributed by atoms with Gasteiger partial charge in [-0.25, -0.2) is 4.79 Å². The highest BCUT2D eigenvalue weighted by atomic mass is 32.2. The maximum Gasteiger partial charge on any atom is 0.327 e. The number of nitrogens with two attached hydrogens (primary N) is 1. The second kappa shape index (κ2) is 33.1. The molecule has 0 saturated carbocycles. The van der Waals surface area contributed by atoms with E-state index in [9.17, 15) is 57.8 Å². The number of carboxylic acid groups (broad SMARTS) is 2. The zero-order chi connectivity index (χ0) is 55.5. The fraction of sp³-hybridized carbons (Fsp3) is 0.558. The maximum atomic E-state index is 13.6. The van der Waals surface area contributed by atoms with Gasteiger partial charge in [-0.15, -0.1) is 11.8 Å². The van der Waals surface area contributed by atoms with E-state index in [2.05, 4.69) is 37.2 Å². The first kappa shape index (κ1) is 62.4. The summed E-state index contributed by atoms with van der Waals surface area (Å²) in [5, 5.41) is 36.4. The van der Waals surface area contributed by atoms with Gasteiger partial charge in [0.15, 0.2) is 0 Å². The summed E-state index contributed by atoms with van der Waals surface area (Å²) < 4.78 is 0. The van der Waals surface area contributed by atoms with Crippen LogP contribution in [0.25, 0.3) is 0 Å². The van der Waals surface area contributed by atoms with Gasteiger partial charge in [-0.3, -0.25) is 52.8 Å². The van der Waals surface area contributed by atoms with Crippen LogP contribution in [0.4, 0.5) is 5.69 Å². The SMILES string of the molecule is Cc1ccc(NC(=O)C(C)NC(=O)[C@@H](NC(=O)CCCCCN2C(=O)CC(SC[C@@H](NC(=O)[C@H](Cc3ccccc3)NC(=O)CNC(=O)CCCCCCCNC(=O)CCC(N)C(=O)O)C(=O)O)C2=O)C(C)C)cc1. The van der Waals surface area contributed by atoms with Gasteiger partial charge < -0.3 is 53.2 Å². The van der Waals surface area contributed by atoms with Gasteiger partial charge >= 0.3 is 11.9 Å². The molecule has 2 aromatic carbocycles. The number of nitrogens with zero attached hydrogens (tertiary/aromatic N) is 1. The first-order valence-corrected chi connectivity index (χ1v) is 26.5. The number of carbonyl (C=O) groups is 11. The summed E-state index contributed by atoms with van der Waals surface area (Å²) in [7, 11) is 0. The number of hydrogen-bond acceptors (Lipinski definition) is 13. The van der Waals surface area contributed by atoms with Crippen LogP contribution in [0.5, 0.6) is 0 Å². The predicted octanol–water partition coefficient (Wildman–Crippen LogP) is 2.06. The molecule has 2 aromatic rings. The Balaban J connectivity index is 1.39. The number of thioether (sulfide) groups is 1. The molecule has 11 N–H and O–H groups in total. The molecule has 3 rings (SSSR count). The van der Waals surface area contributed by atoms with E-state index in [-0.39, 0.29) is 74.5 Å². The Kier molecular flexibility index (Phi) is 27.6. The van der Waals surface area contributed by atoms with E-state index >= 15 is 0 Å². The molecule has 0 spiro atoms. The molecule has 412 valence electrons. The fourth-order valence-electron chi connectivity index (χ4n) is 7.69. The summed E-state index contributed by atoms with van der Waals surface area (Å²) in [6.45, 7) is 7.09. The fourth-order valence-corrected chi connectivity index (χ4v) is 8.87. The van der Waals surface area contributed by atoms with Crippen LogP contribution in [-0.2, 0) is 59.2 Å². The molecule has 22 nitrogen and oxygen atoms in total. The van der Waals surface area contributed by atoms with E-state index in [0.29, 0.717) is 49.9 Å². The van der Waals surface area contributed by atoms with Crippen LogP contribution in [-0.4, -0.2) is 141 Å². The van der Waals surface area contributed by atoms with E-state index < -0.39 is 89.4 Å². The van der Waals surface area contributed by atoms with Crippen LogP contribution < -0.4 is 43.0 Å². The second-order valence-electron chi connectivity index (χ2n) is 18.9. The maximum absolute atomic E-state index is 13.6. The quantitative estimate of drug-likeness (QED) is 0.0349. The first-order chi connectivity index (χ1) is 35.6. The number of carboxylic acids is 2. The Labute approximate surface area is 442 Å². The Morgan fingerprint density at radius 3 is 1.95 bits per heavy atom. The monoisotopic (exact) mass is 1070 g/mol. The smallest absolute Gasteiger partial charge is 0.327 e. The lowest BCUT2D eigenvalue weighted by atomic mass is 10.0. The number of aryl methyl sites for hydroxylation is 1. The van der Waals surface area contributed by atoms with Crippen LogP contribution in [0.1, 0.15) is 115 Å². The van der Waals surface area contributed by atoms with E-state index in [4.69, 9.17) is 10.8 Å². The summed E-state index contributed by atoms with van der Waals surface area (Å²) in [6.07, 6.45) is 4.94. The molecule has 23 heteroatoms. The molecule has 0 radical (unpaired) electrons. The van der Waals surface area contributed by atoms with Crippen molar-refractivity contribution < 1.29 is 63.0 Å². The van der Waals surface area contributed by atoms with Crippen molar-refractivity contribution in [3.05, 3.63) is 65.7 Å². The van der Waals surface area contributed by atoms with Crippen molar-refractivity contribution in [1.29, 1.82) is 0 Å². The first-order valence-electron chi connectivity index (χ1n) is 25.5. The van der Waals surface area contributed by atoms with Gasteiger partial charge in [0.2, 0.25) is 53.2 Å². The van der Waals surface area contributed by atoms with Crippen molar-refractivity contribution in [3.63, 3.8) is 0 Å². The van der Waals surface area contributed by atoms with Gasteiger partial charge in [0.05, 0.1) is 11.8 Å². The molecular formula is C52H75N9O13S. The third-order valence-corrected chi connectivity index (χ3v) is 13.5.